The first kappa shape index (κ1) is 23.2. The summed E-state index contributed by atoms with van der Waals surface area (Å²) >= 11 is 0. The third-order valence-corrected chi connectivity index (χ3v) is 4.95. The zero-order valence-corrected chi connectivity index (χ0v) is 19.2. The first-order chi connectivity index (χ1) is 13.6. The van der Waals surface area contributed by atoms with Gasteiger partial charge in [-0.15, -0.1) is 24.0 Å². The summed E-state index contributed by atoms with van der Waals surface area (Å²) in [6.45, 7) is 7.13. The molecule has 0 saturated carbocycles. The van der Waals surface area contributed by atoms with Crippen LogP contribution in [0.15, 0.2) is 47.5 Å². The highest BCUT2D eigenvalue weighted by atomic mass is 127. The molecule has 8 heteroatoms. The van der Waals surface area contributed by atoms with Gasteiger partial charge < -0.3 is 25.6 Å². The van der Waals surface area contributed by atoms with Crippen molar-refractivity contribution >= 4 is 41.3 Å². The van der Waals surface area contributed by atoms with Gasteiger partial charge in [-0.2, -0.15) is 0 Å². The number of hydrogen-bond acceptors (Lipinski definition) is 4. The number of likely N-dealkylation sites (N-methyl/N-ethyl adjacent to an activating group) is 1. The van der Waals surface area contributed by atoms with Gasteiger partial charge in [0.05, 0.1) is 19.3 Å². The molecule has 2 aromatic rings. The van der Waals surface area contributed by atoms with Crippen molar-refractivity contribution in [3.05, 3.63) is 53.8 Å². The predicted molar refractivity (Wildman–Crippen MR) is 128 cm³/mol. The summed E-state index contributed by atoms with van der Waals surface area (Å²) in [5.74, 6) is 0.792. The largest absolute Gasteiger partial charge is 0.497 e. The van der Waals surface area contributed by atoms with Crippen LogP contribution in [0.1, 0.15) is 12.5 Å². The number of nitrogens with two attached hydrogens (primary N) is 1. The first-order valence-electron chi connectivity index (χ1n) is 9.55. The molecule has 29 heavy (non-hydrogen) atoms. The summed E-state index contributed by atoms with van der Waals surface area (Å²) in [6.07, 6.45) is 0. The van der Waals surface area contributed by atoms with Gasteiger partial charge in [0.1, 0.15) is 11.6 Å². The second-order valence-electron chi connectivity index (χ2n) is 6.77. The Bertz CT molecular complexity index is 824. The number of piperazine rings is 1. The Morgan fingerprint density at radius 2 is 1.93 bits per heavy atom. The molecule has 0 amide bonds. The van der Waals surface area contributed by atoms with E-state index >= 15 is 0 Å². The molecule has 1 saturated heterocycles. The van der Waals surface area contributed by atoms with Crippen LogP contribution in [0.2, 0.25) is 0 Å². The third kappa shape index (κ3) is 6.46. The quantitative estimate of drug-likeness (QED) is 0.352. The maximum Gasteiger partial charge on any atom is 0.193 e. The fourth-order valence-corrected chi connectivity index (χ4v) is 3.27. The summed E-state index contributed by atoms with van der Waals surface area (Å²) < 4.78 is 19.8. The van der Waals surface area contributed by atoms with Crippen LogP contribution in [0.5, 0.6) is 5.75 Å². The molecule has 0 spiro atoms. The number of halogens is 2. The lowest BCUT2D eigenvalue weighted by molar-refractivity contribution is 0.270. The minimum Gasteiger partial charge on any atom is -0.497 e. The van der Waals surface area contributed by atoms with Gasteiger partial charge >= 0.3 is 0 Å². The Morgan fingerprint density at radius 1 is 1.17 bits per heavy atom. The number of anilines is 2. The monoisotopic (exact) mass is 513 g/mol. The molecule has 0 bridgehead atoms. The number of benzene rings is 2. The molecule has 0 radical (unpaired) electrons. The highest BCUT2D eigenvalue weighted by molar-refractivity contribution is 14.0. The van der Waals surface area contributed by atoms with Crippen LogP contribution in [0.4, 0.5) is 15.8 Å². The number of nitrogens with one attached hydrogen (secondary N) is 1. The van der Waals surface area contributed by atoms with Crippen molar-refractivity contribution in [2.24, 2.45) is 10.7 Å². The standard InChI is InChI=1S/C21H28FN5O.HI/c1-3-26-9-11-27(12-10-26)20-8-7-16(13-19(20)22)15-24-21(23)25-17-5-4-6-18(14-17)28-2;/h4-8,13-14H,3,9-12,15H2,1-2H3,(H3,23,24,25);1H. The molecule has 0 aromatic heterocycles. The zero-order chi connectivity index (χ0) is 19.9. The van der Waals surface area contributed by atoms with E-state index in [0.29, 0.717) is 12.2 Å². The molecule has 0 unspecified atom stereocenters. The molecule has 158 valence electrons. The van der Waals surface area contributed by atoms with E-state index in [0.717, 1.165) is 49.7 Å². The predicted octanol–water partition coefficient (Wildman–Crippen LogP) is 3.52. The zero-order valence-electron chi connectivity index (χ0n) is 16.9. The summed E-state index contributed by atoms with van der Waals surface area (Å²) in [6, 6.07) is 12.7. The summed E-state index contributed by atoms with van der Waals surface area (Å²) in [5.41, 5.74) is 8.17. The highest BCUT2D eigenvalue weighted by Gasteiger charge is 2.18. The number of hydrogen-bond donors (Lipinski definition) is 2. The first-order valence-corrected chi connectivity index (χ1v) is 9.55. The lowest BCUT2D eigenvalue weighted by Gasteiger charge is -2.35. The average Bonchev–Trinajstić information content (AvgIpc) is 2.72. The molecule has 6 nitrogen and oxygen atoms in total. The third-order valence-electron chi connectivity index (χ3n) is 4.95. The van der Waals surface area contributed by atoms with Crippen molar-refractivity contribution in [3.63, 3.8) is 0 Å². The van der Waals surface area contributed by atoms with Crippen LogP contribution in [0, 0.1) is 5.82 Å². The van der Waals surface area contributed by atoms with Crippen LogP contribution in [-0.4, -0.2) is 50.7 Å². The summed E-state index contributed by atoms with van der Waals surface area (Å²) in [4.78, 5) is 8.78. The normalized spacial score (nSPS) is 15.0. The number of guanidine groups is 1. The van der Waals surface area contributed by atoms with Gasteiger partial charge in [0.25, 0.3) is 0 Å². The molecule has 2 aromatic carbocycles. The fraction of sp³-hybridized carbons (Fsp3) is 0.381. The van der Waals surface area contributed by atoms with E-state index in [1.165, 1.54) is 0 Å². The van der Waals surface area contributed by atoms with Gasteiger partial charge in [-0.25, -0.2) is 9.38 Å². The molecule has 1 aliphatic heterocycles. The number of methoxy groups -OCH3 is 1. The van der Waals surface area contributed by atoms with Crippen molar-refractivity contribution in [2.75, 3.05) is 50.1 Å². The maximum absolute atomic E-state index is 14.6. The second kappa shape index (κ2) is 11.2. The van der Waals surface area contributed by atoms with Crippen molar-refractivity contribution in [2.45, 2.75) is 13.5 Å². The maximum atomic E-state index is 14.6. The Hall–Kier alpha value is -2.07. The van der Waals surface area contributed by atoms with E-state index in [9.17, 15) is 4.39 Å². The van der Waals surface area contributed by atoms with Crippen molar-refractivity contribution in [3.8, 4) is 5.75 Å². The van der Waals surface area contributed by atoms with Crippen molar-refractivity contribution in [1.82, 2.24) is 4.90 Å². The van der Waals surface area contributed by atoms with Gasteiger partial charge in [0.2, 0.25) is 0 Å². The minimum atomic E-state index is -0.211. The number of nitrogens with zero attached hydrogens (tertiary/aromatic N) is 3. The molecular weight excluding hydrogens is 484 g/mol. The molecule has 0 aliphatic carbocycles. The molecule has 0 atom stereocenters. The summed E-state index contributed by atoms with van der Waals surface area (Å²) in [7, 11) is 1.61. The van der Waals surface area contributed by atoms with Gasteiger partial charge in [-0.05, 0) is 36.4 Å². The van der Waals surface area contributed by atoms with E-state index in [2.05, 4.69) is 27.0 Å². The molecule has 1 aliphatic rings. The molecule has 3 rings (SSSR count). The van der Waals surface area contributed by atoms with Crippen molar-refractivity contribution in [1.29, 1.82) is 0 Å². The van der Waals surface area contributed by atoms with E-state index in [1.54, 1.807) is 13.2 Å². The fourth-order valence-electron chi connectivity index (χ4n) is 3.27. The SMILES string of the molecule is CCN1CCN(c2ccc(CN=C(N)Nc3cccc(OC)c3)cc2F)CC1.I. The van der Waals surface area contributed by atoms with Gasteiger partial charge in [-0.1, -0.05) is 19.1 Å². The van der Waals surface area contributed by atoms with Crippen LogP contribution < -0.4 is 20.7 Å². The van der Waals surface area contributed by atoms with Gasteiger partial charge in [0.15, 0.2) is 5.96 Å². The van der Waals surface area contributed by atoms with Crippen LogP contribution in [0.25, 0.3) is 0 Å². The Balaban J connectivity index is 0.00000300. The average molecular weight is 513 g/mol. The number of ether oxygens (including phenoxy) is 1. The van der Waals surface area contributed by atoms with Gasteiger partial charge in [-0.3, -0.25) is 0 Å². The Morgan fingerprint density at radius 3 is 2.59 bits per heavy atom. The number of aliphatic imine (C=N–C) groups is 1. The topological polar surface area (TPSA) is 66.1 Å². The Kier molecular flexibility index (Phi) is 8.97. The van der Waals surface area contributed by atoms with Gasteiger partial charge in [0, 0.05) is 37.9 Å². The van der Waals surface area contributed by atoms with Crippen molar-refractivity contribution < 1.29 is 9.13 Å². The molecule has 3 N–H and O–H groups in total. The molecular formula is C21H29FIN5O. The van der Waals surface area contributed by atoms with Crippen LogP contribution in [0.3, 0.4) is 0 Å². The van der Waals surface area contributed by atoms with Crippen LogP contribution in [-0.2, 0) is 6.54 Å². The molecule has 1 heterocycles. The van der Waals surface area contributed by atoms with E-state index in [1.807, 2.05) is 36.4 Å². The summed E-state index contributed by atoms with van der Waals surface area (Å²) in [5, 5.41) is 3.02. The lowest BCUT2D eigenvalue weighted by atomic mass is 10.1. The highest BCUT2D eigenvalue weighted by Crippen LogP contribution is 2.22. The van der Waals surface area contributed by atoms with E-state index in [-0.39, 0.29) is 35.8 Å². The molecule has 1 fully saturated rings. The number of rotatable bonds is 6. The Labute approximate surface area is 188 Å². The van der Waals surface area contributed by atoms with E-state index < -0.39 is 0 Å². The minimum absolute atomic E-state index is 0. The lowest BCUT2D eigenvalue weighted by Crippen LogP contribution is -2.46. The van der Waals surface area contributed by atoms with E-state index in [4.69, 9.17) is 10.5 Å². The second-order valence-corrected chi connectivity index (χ2v) is 6.77. The smallest absolute Gasteiger partial charge is 0.193 e. The van der Waals surface area contributed by atoms with Crippen LogP contribution >= 0.6 is 24.0 Å².